The normalized spacial score (nSPS) is 11.6. The van der Waals surface area contributed by atoms with Crippen LogP contribution in [0.5, 0.6) is 0 Å². The van der Waals surface area contributed by atoms with Crippen LogP contribution in [0.25, 0.3) is 0 Å². The van der Waals surface area contributed by atoms with E-state index in [2.05, 4.69) is 0 Å². The fourth-order valence-corrected chi connectivity index (χ4v) is 0.693. The summed E-state index contributed by atoms with van der Waals surface area (Å²) < 4.78 is 0. The molecule has 0 saturated carbocycles. The molecule has 0 spiro atoms. The van der Waals surface area contributed by atoms with Crippen molar-refractivity contribution >= 4 is 35.8 Å². The van der Waals surface area contributed by atoms with Crippen LogP contribution in [0.2, 0.25) is 0 Å². The van der Waals surface area contributed by atoms with Crippen molar-refractivity contribution in [2.75, 3.05) is 0 Å². The lowest BCUT2D eigenvalue weighted by Crippen LogP contribution is -2.32. The van der Waals surface area contributed by atoms with Crippen LogP contribution in [0.4, 0.5) is 0 Å². The van der Waals surface area contributed by atoms with Gasteiger partial charge in [0.2, 0.25) is 0 Å². The number of carboxylic acids is 6. The fraction of sp³-hybridized carbons (Fsp3) is 0.333. The Hall–Kier alpha value is -3.52. The molecule has 0 rings (SSSR count). The Morgan fingerprint density at radius 1 is 0.615 bits per heavy atom. The minimum absolute atomic E-state index is 0.532. The first kappa shape index (κ1) is 27.3. The predicted octanol–water partition coefficient (Wildman–Crippen LogP) is -2.54. The van der Waals surface area contributed by atoms with Gasteiger partial charge in [-0.2, -0.15) is 0 Å². The third-order valence-corrected chi connectivity index (χ3v) is 1.79. The van der Waals surface area contributed by atoms with E-state index in [1.54, 1.807) is 0 Å². The van der Waals surface area contributed by atoms with Crippen LogP contribution >= 0.6 is 0 Å². The highest BCUT2D eigenvalue weighted by Gasteiger charge is 2.15. The van der Waals surface area contributed by atoms with E-state index in [4.69, 9.17) is 42.1 Å². The maximum absolute atomic E-state index is 9.85. The molecule has 26 heavy (non-hydrogen) atoms. The van der Waals surface area contributed by atoms with Crippen molar-refractivity contribution in [1.29, 1.82) is 0 Å². The Morgan fingerprint density at radius 2 is 0.846 bits per heavy atom. The molecule has 0 aromatic heterocycles. The van der Waals surface area contributed by atoms with Gasteiger partial charge in [0.1, 0.15) is 12.1 Å². The van der Waals surface area contributed by atoms with Crippen LogP contribution in [0.3, 0.4) is 0 Å². The number of hydrogen-bond acceptors (Lipinski definition) is 8. The van der Waals surface area contributed by atoms with E-state index in [0.717, 1.165) is 0 Å². The molecular formula is C12H18N2O12. The molecule has 0 aromatic carbocycles. The Bertz CT molecular complexity index is 508. The van der Waals surface area contributed by atoms with Gasteiger partial charge in [-0.3, -0.25) is 19.2 Å². The zero-order valence-electron chi connectivity index (χ0n) is 13.0. The number of carbonyl (C=O) groups is 6. The van der Waals surface area contributed by atoms with E-state index in [1.807, 2.05) is 0 Å². The molecule has 0 fully saturated rings. The average molecular weight is 382 g/mol. The van der Waals surface area contributed by atoms with Crippen LogP contribution in [0, 0.1) is 0 Å². The van der Waals surface area contributed by atoms with Gasteiger partial charge in [-0.15, -0.1) is 0 Å². The Labute approximate surface area is 144 Å². The molecule has 0 saturated heterocycles. The van der Waals surface area contributed by atoms with Gasteiger partial charge in [0.25, 0.3) is 0 Å². The van der Waals surface area contributed by atoms with Gasteiger partial charge in [0, 0.05) is 12.2 Å². The molecule has 0 aromatic rings. The number of nitrogens with two attached hydrogens (primary N) is 2. The molecule has 0 aliphatic carbocycles. The molecule has 0 heterocycles. The van der Waals surface area contributed by atoms with Crippen molar-refractivity contribution in [2.45, 2.75) is 24.9 Å². The average Bonchev–Trinajstić information content (AvgIpc) is 2.44. The molecule has 0 amide bonds. The lowest BCUT2D eigenvalue weighted by Gasteiger charge is -1.99. The highest BCUT2D eigenvalue weighted by molar-refractivity contribution is 5.89. The second kappa shape index (κ2) is 15.0. The van der Waals surface area contributed by atoms with Crippen molar-refractivity contribution < 1.29 is 59.4 Å². The molecule has 14 heteroatoms. The first-order chi connectivity index (χ1) is 11.7. The second-order valence-electron chi connectivity index (χ2n) is 4.09. The summed E-state index contributed by atoms with van der Waals surface area (Å²) >= 11 is 0. The smallest absolute Gasteiger partial charge is 0.328 e. The maximum atomic E-state index is 9.85. The van der Waals surface area contributed by atoms with Gasteiger partial charge in [-0.05, 0) is 0 Å². The zero-order chi connectivity index (χ0) is 21.4. The summed E-state index contributed by atoms with van der Waals surface area (Å²) in [4.78, 5) is 58.3. The van der Waals surface area contributed by atoms with Crippen LogP contribution in [-0.4, -0.2) is 78.5 Å². The van der Waals surface area contributed by atoms with E-state index >= 15 is 0 Å². The quantitative estimate of drug-likeness (QED) is 0.201. The largest absolute Gasteiger partial charge is 0.481 e. The van der Waals surface area contributed by atoms with E-state index in [1.165, 1.54) is 0 Å². The maximum Gasteiger partial charge on any atom is 0.328 e. The number of carboxylic acid groups (broad SMARTS) is 6. The van der Waals surface area contributed by atoms with Crippen LogP contribution in [0.15, 0.2) is 12.2 Å². The van der Waals surface area contributed by atoms with Crippen molar-refractivity contribution in [1.82, 2.24) is 0 Å². The van der Waals surface area contributed by atoms with Crippen LogP contribution in [0.1, 0.15) is 12.8 Å². The van der Waals surface area contributed by atoms with Crippen molar-refractivity contribution in [3.05, 3.63) is 12.2 Å². The molecule has 1 unspecified atom stereocenters. The lowest BCUT2D eigenvalue weighted by molar-refractivity contribution is -0.144. The number of hydrogen-bond donors (Lipinski definition) is 8. The number of aliphatic carboxylic acids is 6. The summed E-state index contributed by atoms with van der Waals surface area (Å²) in [6.45, 7) is 0. The monoisotopic (exact) mass is 382 g/mol. The van der Waals surface area contributed by atoms with E-state index in [0.29, 0.717) is 12.2 Å². The zero-order valence-corrected chi connectivity index (χ0v) is 13.0. The Kier molecular flexibility index (Phi) is 15.8. The summed E-state index contributed by atoms with van der Waals surface area (Å²) in [5.41, 5.74) is 9.67. The topological polar surface area (TPSA) is 276 Å². The molecule has 10 N–H and O–H groups in total. The van der Waals surface area contributed by atoms with E-state index in [-0.39, 0.29) is 0 Å². The molecule has 14 nitrogen and oxygen atoms in total. The van der Waals surface area contributed by atoms with Crippen molar-refractivity contribution in [3.8, 4) is 0 Å². The molecule has 0 bridgehead atoms. The molecule has 0 radical (unpaired) electrons. The minimum Gasteiger partial charge on any atom is -0.481 e. The lowest BCUT2D eigenvalue weighted by atomic mass is 10.2. The van der Waals surface area contributed by atoms with Crippen LogP contribution in [-0.2, 0) is 28.8 Å². The van der Waals surface area contributed by atoms with Crippen LogP contribution < -0.4 is 11.5 Å². The van der Waals surface area contributed by atoms with Gasteiger partial charge in [-0.25, -0.2) is 9.59 Å². The van der Waals surface area contributed by atoms with Gasteiger partial charge in [0.15, 0.2) is 0 Å². The molecular weight excluding hydrogens is 364 g/mol. The Balaban J connectivity index is -0.000000306. The third kappa shape index (κ3) is 25.4. The SMILES string of the molecule is NC(CC(=O)O)C(=O)O.N[C@@H](CC(=O)O)C(=O)O.O=C(O)/C=C\C(=O)O. The van der Waals surface area contributed by atoms with Gasteiger partial charge in [0.05, 0.1) is 12.8 Å². The van der Waals surface area contributed by atoms with Gasteiger partial charge >= 0.3 is 35.8 Å². The highest BCUT2D eigenvalue weighted by Crippen LogP contribution is 1.86. The first-order valence-corrected chi connectivity index (χ1v) is 6.24. The standard InChI is InChI=1S/2C4H7NO4.C4H4O4/c2*5-2(4(8)9)1-3(6)7;5-3(6)1-2-4(7)8/h2*2H,1,5H2,(H,6,7)(H,8,9);1-2H,(H,5,6)(H,7,8)/b;;2-1-/t2-;;/m0../s1. The molecule has 0 aliphatic rings. The minimum atomic E-state index is -1.29. The summed E-state index contributed by atoms with van der Waals surface area (Å²) in [5.74, 6) is -7.51. The summed E-state index contributed by atoms with van der Waals surface area (Å²) in [5, 5.41) is 47.7. The van der Waals surface area contributed by atoms with Crippen molar-refractivity contribution in [3.63, 3.8) is 0 Å². The third-order valence-electron chi connectivity index (χ3n) is 1.79. The summed E-state index contributed by atoms with van der Waals surface area (Å²) in [7, 11) is 0. The molecule has 148 valence electrons. The van der Waals surface area contributed by atoms with E-state index in [9.17, 15) is 28.8 Å². The van der Waals surface area contributed by atoms with Gasteiger partial charge < -0.3 is 42.1 Å². The Morgan fingerprint density at radius 3 is 0.923 bits per heavy atom. The van der Waals surface area contributed by atoms with Crippen molar-refractivity contribution in [2.24, 2.45) is 11.5 Å². The highest BCUT2D eigenvalue weighted by atomic mass is 16.4. The van der Waals surface area contributed by atoms with Gasteiger partial charge in [-0.1, -0.05) is 0 Å². The predicted molar refractivity (Wildman–Crippen MR) is 80.1 cm³/mol. The fourth-order valence-electron chi connectivity index (χ4n) is 0.693. The first-order valence-electron chi connectivity index (χ1n) is 6.24. The number of rotatable bonds is 8. The summed E-state index contributed by atoms with van der Waals surface area (Å²) in [6, 6.07) is -2.58. The van der Waals surface area contributed by atoms with E-state index < -0.39 is 60.7 Å². The molecule has 2 atom stereocenters. The molecule has 0 aliphatic heterocycles. The summed E-state index contributed by atoms with van der Waals surface area (Å²) in [6.07, 6.45) is 0.0509. The second-order valence-corrected chi connectivity index (χ2v) is 4.09.